The number of hydrogen-bond donors (Lipinski definition) is 2. The fourth-order valence-electron chi connectivity index (χ4n) is 3.83. The Morgan fingerprint density at radius 2 is 1.82 bits per heavy atom. The molecule has 0 saturated heterocycles. The van der Waals surface area contributed by atoms with Crippen LogP contribution < -0.4 is 24.3 Å². The van der Waals surface area contributed by atoms with Crippen LogP contribution in [0.1, 0.15) is 20.8 Å². The number of methoxy groups -OCH3 is 3. The average molecular weight is 541 g/mol. The molecule has 2 heterocycles. The largest absolute Gasteiger partial charge is 0.493 e. The summed E-state index contributed by atoms with van der Waals surface area (Å²) in [5.74, 6) is -0.0883. The lowest BCUT2D eigenvalue weighted by Crippen LogP contribution is -2.30. The Labute approximate surface area is 221 Å². The van der Waals surface area contributed by atoms with Crippen molar-refractivity contribution in [3.63, 3.8) is 0 Å². The minimum atomic E-state index is -0.509. The van der Waals surface area contributed by atoms with Crippen LogP contribution >= 0.6 is 11.3 Å². The summed E-state index contributed by atoms with van der Waals surface area (Å²) in [5.41, 5.74) is 1.20. The molecule has 198 valence electrons. The van der Waals surface area contributed by atoms with E-state index in [1.807, 2.05) is 0 Å². The van der Waals surface area contributed by atoms with E-state index < -0.39 is 11.7 Å². The molecule has 0 aliphatic heterocycles. The fraction of sp³-hybridized carbons (Fsp3) is 0.222. The summed E-state index contributed by atoms with van der Waals surface area (Å²) in [7, 11) is 4.32. The van der Waals surface area contributed by atoms with Gasteiger partial charge in [-0.25, -0.2) is 9.37 Å². The molecule has 0 fully saturated rings. The van der Waals surface area contributed by atoms with E-state index in [1.54, 1.807) is 23.6 Å². The Morgan fingerprint density at radius 3 is 2.53 bits per heavy atom. The molecule has 0 atom stereocenters. The Bertz CT molecular complexity index is 1490. The van der Waals surface area contributed by atoms with Crippen LogP contribution in [0.3, 0.4) is 0 Å². The Balaban J connectivity index is 1.59. The van der Waals surface area contributed by atoms with Crippen molar-refractivity contribution in [2.45, 2.75) is 0 Å². The third-order valence-electron chi connectivity index (χ3n) is 5.64. The van der Waals surface area contributed by atoms with E-state index in [2.05, 4.69) is 10.3 Å². The van der Waals surface area contributed by atoms with Gasteiger partial charge < -0.3 is 29.4 Å². The molecule has 11 heteroatoms. The molecule has 0 aliphatic carbocycles. The first-order valence-corrected chi connectivity index (χ1v) is 12.3. The summed E-state index contributed by atoms with van der Waals surface area (Å²) in [6.45, 7) is -0.434. The number of aliphatic hydroxyl groups excluding tert-OH is 1. The number of hydrogen-bond acceptors (Lipinski definition) is 9. The molecule has 4 rings (SSSR count). The van der Waals surface area contributed by atoms with Crippen molar-refractivity contribution in [1.82, 2.24) is 10.3 Å². The van der Waals surface area contributed by atoms with Gasteiger partial charge in [-0.3, -0.25) is 9.59 Å². The first-order valence-electron chi connectivity index (χ1n) is 11.4. The zero-order chi connectivity index (χ0) is 27.2. The van der Waals surface area contributed by atoms with Crippen molar-refractivity contribution in [2.24, 2.45) is 0 Å². The summed E-state index contributed by atoms with van der Waals surface area (Å²) in [5, 5.41) is 13.9. The number of aliphatic hydroxyl groups is 1. The minimum absolute atomic E-state index is 0.0408. The van der Waals surface area contributed by atoms with E-state index in [0.717, 1.165) is 0 Å². The zero-order valence-corrected chi connectivity index (χ0v) is 21.7. The summed E-state index contributed by atoms with van der Waals surface area (Å²) >= 11 is 1.22. The van der Waals surface area contributed by atoms with Gasteiger partial charge >= 0.3 is 0 Å². The second-order valence-corrected chi connectivity index (χ2v) is 8.78. The number of benzene rings is 2. The van der Waals surface area contributed by atoms with Gasteiger partial charge in [0.25, 0.3) is 5.91 Å². The van der Waals surface area contributed by atoms with Crippen LogP contribution in [-0.2, 0) is 0 Å². The smallest absolute Gasteiger partial charge is 0.251 e. The van der Waals surface area contributed by atoms with Crippen LogP contribution in [0.4, 0.5) is 4.39 Å². The van der Waals surface area contributed by atoms with Crippen LogP contribution in [0.2, 0.25) is 0 Å². The average Bonchev–Trinajstić information content (AvgIpc) is 3.39. The predicted octanol–water partition coefficient (Wildman–Crippen LogP) is 4.11. The van der Waals surface area contributed by atoms with Crippen LogP contribution in [0.25, 0.3) is 21.3 Å². The van der Waals surface area contributed by atoms with E-state index in [1.165, 1.54) is 56.9 Å². The lowest BCUT2D eigenvalue weighted by Gasteiger charge is -2.14. The minimum Gasteiger partial charge on any atom is -0.493 e. The number of nitrogens with one attached hydrogen (secondary N) is 1. The van der Waals surface area contributed by atoms with Crippen molar-refractivity contribution in [1.29, 1.82) is 0 Å². The summed E-state index contributed by atoms with van der Waals surface area (Å²) in [6.07, 6.45) is 0. The number of carbonyl (C=O) groups is 2. The number of carbonyl (C=O) groups excluding carboxylic acids is 2. The van der Waals surface area contributed by atoms with Crippen molar-refractivity contribution in [2.75, 3.05) is 41.1 Å². The first-order chi connectivity index (χ1) is 18.4. The zero-order valence-electron chi connectivity index (χ0n) is 20.9. The normalized spacial score (nSPS) is 10.8. The summed E-state index contributed by atoms with van der Waals surface area (Å²) < 4.78 is 36.4. The van der Waals surface area contributed by atoms with Gasteiger partial charge in [0.15, 0.2) is 28.8 Å². The molecular weight excluding hydrogens is 515 g/mol. The van der Waals surface area contributed by atoms with E-state index in [9.17, 15) is 14.0 Å². The molecule has 0 bridgehead atoms. The van der Waals surface area contributed by atoms with Crippen LogP contribution in [0.5, 0.6) is 23.0 Å². The number of halogens is 1. The Hall–Kier alpha value is -4.22. The highest BCUT2D eigenvalue weighted by atomic mass is 32.1. The van der Waals surface area contributed by atoms with Gasteiger partial charge in [0.05, 0.1) is 39.2 Å². The maximum atomic E-state index is 14.3. The van der Waals surface area contributed by atoms with Crippen LogP contribution in [0.15, 0.2) is 47.8 Å². The van der Waals surface area contributed by atoms with Gasteiger partial charge in [0.2, 0.25) is 0 Å². The molecule has 0 unspecified atom stereocenters. The fourth-order valence-corrected chi connectivity index (χ4v) is 4.79. The lowest BCUT2D eigenvalue weighted by atomic mass is 10.1. The molecule has 1 amide bonds. The van der Waals surface area contributed by atoms with Gasteiger partial charge in [-0.05, 0) is 24.3 Å². The maximum Gasteiger partial charge on any atom is 0.251 e. The molecular formula is C27H25FN2O7S. The third-order valence-corrected chi connectivity index (χ3v) is 6.64. The van der Waals surface area contributed by atoms with Crippen LogP contribution in [0, 0.1) is 5.82 Å². The van der Waals surface area contributed by atoms with Crippen molar-refractivity contribution >= 4 is 33.1 Å². The maximum absolute atomic E-state index is 14.3. The Morgan fingerprint density at radius 1 is 1.03 bits per heavy atom. The predicted molar refractivity (Wildman–Crippen MR) is 140 cm³/mol. The van der Waals surface area contributed by atoms with Gasteiger partial charge in [-0.2, -0.15) is 0 Å². The monoisotopic (exact) mass is 540 g/mol. The molecule has 0 spiro atoms. The molecule has 4 aromatic rings. The number of pyridine rings is 1. The number of amides is 1. The number of fused-ring (bicyclic) bond motifs is 1. The summed E-state index contributed by atoms with van der Waals surface area (Å²) in [6, 6.07) is 10.7. The SMILES string of the molecule is COc1cc(C(=O)NCC(=O)c2cc(OC)c(OC)c(-c3csc4c(F)cccc34)n2)ccc1OCCO. The Kier molecular flexibility index (Phi) is 8.39. The van der Waals surface area contributed by atoms with E-state index in [0.29, 0.717) is 38.6 Å². The molecule has 9 nitrogen and oxygen atoms in total. The van der Waals surface area contributed by atoms with Crippen molar-refractivity contribution < 1.29 is 38.0 Å². The van der Waals surface area contributed by atoms with Gasteiger partial charge in [0.1, 0.15) is 23.8 Å². The molecule has 0 aliphatic rings. The molecule has 0 saturated carbocycles. The van der Waals surface area contributed by atoms with Gasteiger partial charge in [0, 0.05) is 28.0 Å². The molecule has 2 N–H and O–H groups in total. The van der Waals surface area contributed by atoms with Gasteiger partial charge in [-0.1, -0.05) is 12.1 Å². The van der Waals surface area contributed by atoms with Crippen molar-refractivity contribution in [3.8, 4) is 34.3 Å². The van der Waals surface area contributed by atoms with Crippen molar-refractivity contribution in [3.05, 3.63) is 64.9 Å². The molecule has 2 aromatic carbocycles. The van der Waals surface area contributed by atoms with Gasteiger partial charge in [-0.15, -0.1) is 11.3 Å². The van der Waals surface area contributed by atoms with Crippen LogP contribution in [-0.4, -0.2) is 62.9 Å². The molecule has 0 radical (unpaired) electrons. The standard InChI is InChI=1S/C27H25FN2O7S/c1-34-22-11-15(7-8-21(22)37-10-9-31)27(33)29-13-20(32)19-12-23(35-2)25(36-3)24(30-19)17-14-38-26-16(17)5-4-6-18(26)28/h4-8,11-12,14,31H,9-10,13H2,1-3H3,(H,29,33). The number of thiophene rings is 1. The summed E-state index contributed by atoms with van der Waals surface area (Å²) in [4.78, 5) is 30.3. The topological polar surface area (TPSA) is 116 Å². The number of ether oxygens (including phenoxy) is 4. The number of aromatic nitrogens is 1. The lowest BCUT2D eigenvalue weighted by molar-refractivity contribution is 0.0901. The van der Waals surface area contributed by atoms with E-state index in [-0.39, 0.29) is 42.6 Å². The number of nitrogens with zero attached hydrogens (tertiary/aromatic N) is 1. The number of Topliss-reactive ketones (excluding diaryl/α,β-unsaturated/α-hetero) is 1. The highest BCUT2D eigenvalue weighted by Gasteiger charge is 2.23. The third kappa shape index (κ3) is 5.38. The second kappa shape index (κ2) is 11.9. The number of ketones is 1. The number of rotatable bonds is 11. The molecule has 38 heavy (non-hydrogen) atoms. The van der Waals surface area contributed by atoms with E-state index >= 15 is 0 Å². The van der Waals surface area contributed by atoms with E-state index in [4.69, 9.17) is 24.1 Å². The molecule has 2 aromatic heterocycles. The highest BCUT2D eigenvalue weighted by molar-refractivity contribution is 7.17. The second-order valence-electron chi connectivity index (χ2n) is 7.90. The first kappa shape index (κ1) is 26.8. The quantitative estimate of drug-likeness (QED) is 0.273. The highest BCUT2D eigenvalue weighted by Crippen LogP contribution is 2.42.